The Hall–Kier alpha value is -0.770. The van der Waals surface area contributed by atoms with E-state index in [1.807, 2.05) is 12.1 Å². The third-order valence-electron chi connectivity index (χ3n) is 4.38. The Labute approximate surface area is 142 Å². The fourth-order valence-corrected chi connectivity index (χ4v) is 3.08. The Morgan fingerprint density at radius 3 is 2.68 bits per heavy atom. The average molecular weight is 343 g/mol. The second-order valence-electron chi connectivity index (χ2n) is 6.44. The van der Waals surface area contributed by atoms with Crippen LogP contribution in [0.25, 0.3) is 0 Å². The van der Waals surface area contributed by atoms with Gasteiger partial charge in [0.15, 0.2) is 0 Å². The van der Waals surface area contributed by atoms with Gasteiger partial charge >= 0.3 is 0 Å². The van der Waals surface area contributed by atoms with E-state index in [2.05, 4.69) is 17.6 Å². The molecule has 0 aliphatic carbocycles. The molecule has 3 nitrogen and oxygen atoms in total. The number of nitrogens with one attached hydrogen (secondary N) is 2. The number of aryl methyl sites for hydroxylation is 1. The predicted molar refractivity (Wildman–Crippen MR) is 92.6 cm³/mol. The van der Waals surface area contributed by atoms with Crippen LogP contribution in [0.5, 0.6) is 0 Å². The van der Waals surface area contributed by atoms with Gasteiger partial charge in [-0.05, 0) is 61.9 Å². The average Bonchev–Trinajstić information content (AvgIpc) is 2.50. The molecular weight excluding hydrogens is 319 g/mol. The molecule has 1 aliphatic heterocycles. The van der Waals surface area contributed by atoms with Gasteiger partial charge in [-0.25, -0.2) is 0 Å². The number of piperidine rings is 1. The molecule has 0 atom stereocenters. The van der Waals surface area contributed by atoms with Gasteiger partial charge in [0.1, 0.15) is 0 Å². The van der Waals surface area contributed by atoms with Crippen molar-refractivity contribution in [2.24, 2.45) is 5.41 Å². The fraction of sp³-hybridized carbons (Fsp3) is 0.588. The van der Waals surface area contributed by atoms with Gasteiger partial charge in [0.2, 0.25) is 5.91 Å². The van der Waals surface area contributed by atoms with Gasteiger partial charge in [0, 0.05) is 13.0 Å². The summed E-state index contributed by atoms with van der Waals surface area (Å²) in [5.41, 5.74) is 1.36. The minimum atomic E-state index is 0.139. The molecule has 5 heteroatoms. The minimum absolute atomic E-state index is 0.139. The summed E-state index contributed by atoms with van der Waals surface area (Å²) in [6, 6.07) is 5.64. The largest absolute Gasteiger partial charge is 0.356 e. The highest BCUT2D eigenvalue weighted by atomic mass is 35.5. The van der Waals surface area contributed by atoms with E-state index < -0.39 is 0 Å². The van der Waals surface area contributed by atoms with Crippen molar-refractivity contribution in [1.29, 1.82) is 0 Å². The third-order valence-corrected chi connectivity index (χ3v) is 5.12. The van der Waals surface area contributed by atoms with E-state index in [-0.39, 0.29) is 11.3 Å². The van der Waals surface area contributed by atoms with E-state index in [1.54, 1.807) is 6.07 Å². The van der Waals surface area contributed by atoms with E-state index >= 15 is 0 Å². The second-order valence-corrected chi connectivity index (χ2v) is 7.25. The molecule has 2 N–H and O–H groups in total. The number of carbonyl (C=O) groups is 1. The van der Waals surface area contributed by atoms with Gasteiger partial charge in [-0.15, -0.1) is 0 Å². The van der Waals surface area contributed by atoms with Crippen LogP contribution >= 0.6 is 23.2 Å². The smallest absolute Gasteiger partial charge is 0.220 e. The Balaban J connectivity index is 1.68. The van der Waals surface area contributed by atoms with Gasteiger partial charge in [-0.2, -0.15) is 0 Å². The fourth-order valence-electron chi connectivity index (χ4n) is 2.76. The predicted octanol–water partition coefficient (Wildman–Crippen LogP) is 3.82. The number of benzene rings is 1. The van der Waals surface area contributed by atoms with Crippen molar-refractivity contribution in [3.63, 3.8) is 0 Å². The number of halogens is 2. The van der Waals surface area contributed by atoms with E-state index in [0.29, 0.717) is 16.5 Å². The molecule has 0 saturated carbocycles. The Morgan fingerprint density at radius 2 is 2.00 bits per heavy atom. The molecule has 1 heterocycles. The van der Waals surface area contributed by atoms with Crippen LogP contribution in [0, 0.1) is 5.41 Å². The van der Waals surface area contributed by atoms with Crippen molar-refractivity contribution >= 4 is 29.1 Å². The topological polar surface area (TPSA) is 41.1 Å². The normalized spacial score (nSPS) is 17.2. The monoisotopic (exact) mass is 342 g/mol. The van der Waals surface area contributed by atoms with Gasteiger partial charge in [-0.3, -0.25) is 4.79 Å². The van der Waals surface area contributed by atoms with Crippen LogP contribution in [0.15, 0.2) is 18.2 Å². The first kappa shape index (κ1) is 17.6. The standard InChI is InChI=1S/C17H24Cl2N2O/c1-17(7-9-20-10-8-17)12-21-16(22)4-2-3-13-5-6-14(18)15(19)11-13/h5-6,11,20H,2-4,7-10,12H2,1H3,(H,21,22). The molecule has 22 heavy (non-hydrogen) atoms. The Morgan fingerprint density at radius 1 is 1.27 bits per heavy atom. The van der Waals surface area contributed by atoms with Crippen LogP contribution in [-0.2, 0) is 11.2 Å². The van der Waals surface area contributed by atoms with Crippen molar-refractivity contribution in [3.8, 4) is 0 Å². The van der Waals surface area contributed by atoms with Crippen LogP contribution in [0.2, 0.25) is 10.0 Å². The van der Waals surface area contributed by atoms with Gasteiger partial charge < -0.3 is 10.6 Å². The molecule has 2 rings (SSSR count). The van der Waals surface area contributed by atoms with E-state index in [0.717, 1.165) is 50.9 Å². The molecule has 1 saturated heterocycles. The molecule has 0 aromatic heterocycles. The molecule has 0 unspecified atom stereocenters. The lowest BCUT2D eigenvalue weighted by molar-refractivity contribution is -0.121. The number of hydrogen-bond acceptors (Lipinski definition) is 2. The van der Waals surface area contributed by atoms with Crippen LogP contribution < -0.4 is 10.6 Å². The van der Waals surface area contributed by atoms with E-state index in [1.165, 1.54) is 0 Å². The molecule has 1 amide bonds. The summed E-state index contributed by atoms with van der Waals surface area (Å²) in [5, 5.41) is 7.58. The van der Waals surface area contributed by atoms with Crippen molar-refractivity contribution in [2.75, 3.05) is 19.6 Å². The molecule has 0 spiro atoms. The maximum atomic E-state index is 12.0. The first-order chi connectivity index (χ1) is 10.5. The Bertz CT molecular complexity index is 513. The number of amides is 1. The summed E-state index contributed by atoms with van der Waals surface area (Å²) < 4.78 is 0. The first-order valence-corrected chi connectivity index (χ1v) is 8.65. The van der Waals surface area contributed by atoms with Gasteiger partial charge in [-0.1, -0.05) is 36.2 Å². The molecule has 1 aliphatic rings. The molecule has 0 radical (unpaired) electrons. The maximum absolute atomic E-state index is 12.0. The zero-order valence-electron chi connectivity index (χ0n) is 13.1. The number of carbonyl (C=O) groups excluding carboxylic acids is 1. The maximum Gasteiger partial charge on any atom is 0.220 e. The molecular formula is C17H24Cl2N2O. The van der Waals surface area contributed by atoms with Crippen LogP contribution in [0.3, 0.4) is 0 Å². The zero-order valence-corrected chi connectivity index (χ0v) is 14.6. The summed E-state index contributed by atoms with van der Waals surface area (Å²) in [6.07, 6.45) is 4.45. The minimum Gasteiger partial charge on any atom is -0.356 e. The van der Waals surface area contributed by atoms with E-state index in [9.17, 15) is 4.79 Å². The molecule has 122 valence electrons. The number of hydrogen-bond donors (Lipinski definition) is 2. The highest BCUT2D eigenvalue weighted by Crippen LogP contribution is 2.26. The Kier molecular flexibility index (Phi) is 6.54. The summed E-state index contributed by atoms with van der Waals surface area (Å²) in [6.45, 7) is 5.12. The SMILES string of the molecule is CC1(CNC(=O)CCCc2ccc(Cl)c(Cl)c2)CCNCC1. The summed E-state index contributed by atoms with van der Waals surface area (Å²) >= 11 is 11.9. The summed E-state index contributed by atoms with van der Waals surface area (Å²) in [4.78, 5) is 12.0. The first-order valence-electron chi connectivity index (χ1n) is 7.90. The van der Waals surface area contributed by atoms with Crippen LogP contribution in [-0.4, -0.2) is 25.5 Å². The molecule has 1 aromatic carbocycles. The third kappa shape index (κ3) is 5.45. The van der Waals surface area contributed by atoms with Gasteiger partial charge in [0.05, 0.1) is 10.0 Å². The summed E-state index contributed by atoms with van der Waals surface area (Å²) in [5.74, 6) is 0.139. The van der Waals surface area contributed by atoms with Gasteiger partial charge in [0.25, 0.3) is 0 Å². The highest BCUT2D eigenvalue weighted by Gasteiger charge is 2.26. The van der Waals surface area contributed by atoms with E-state index in [4.69, 9.17) is 23.2 Å². The lowest BCUT2D eigenvalue weighted by Gasteiger charge is -2.34. The zero-order chi connectivity index (χ0) is 16.0. The number of rotatable bonds is 6. The lowest BCUT2D eigenvalue weighted by Crippen LogP contribution is -2.42. The van der Waals surface area contributed by atoms with Crippen LogP contribution in [0.4, 0.5) is 0 Å². The second kappa shape index (κ2) is 8.19. The van der Waals surface area contributed by atoms with Crippen molar-refractivity contribution in [1.82, 2.24) is 10.6 Å². The van der Waals surface area contributed by atoms with Crippen molar-refractivity contribution < 1.29 is 4.79 Å². The summed E-state index contributed by atoms with van der Waals surface area (Å²) in [7, 11) is 0. The molecule has 0 bridgehead atoms. The van der Waals surface area contributed by atoms with Crippen molar-refractivity contribution in [3.05, 3.63) is 33.8 Å². The van der Waals surface area contributed by atoms with Crippen LogP contribution in [0.1, 0.15) is 38.2 Å². The highest BCUT2D eigenvalue weighted by molar-refractivity contribution is 6.42. The molecule has 1 fully saturated rings. The lowest BCUT2D eigenvalue weighted by atomic mass is 9.81. The molecule has 1 aromatic rings. The quantitative estimate of drug-likeness (QED) is 0.824. The van der Waals surface area contributed by atoms with Crippen molar-refractivity contribution in [2.45, 2.75) is 39.0 Å².